The maximum Gasteiger partial charge on any atom is 0.422 e. The molecule has 0 bridgehead atoms. The Hall–Kier alpha value is -6.06. The summed E-state index contributed by atoms with van der Waals surface area (Å²) >= 11 is 0. The highest BCUT2D eigenvalue weighted by molar-refractivity contribution is 7.90. The Morgan fingerprint density at radius 1 is 0.887 bits per heavy atom. The molecular weight excluding hydrogens is 702 g/mol. The van der Waals surface area contributed by atoms with E-state index in [-0.39, 0.29) is 24.3 Å². The van der Waals surface area contributed by atoms with Crippen LogP contribution in [0.5, 0.6) is 11.6 Å². The number of likely N-dealkylation sites (tertiary alicyclic amines) is 1. The number of carboxylic acid groups (broad SMARTS) is 1. The zero-order valence-corrected chi connectivity index (χ0v) is 29.6. The number of benzene rings is 3. The summed E-state index contributed by atoms with van der Waals surface area (Å²) in [6, 6.07) is 27.3. The minimum absolute atomic E-state index is 0.146. The lowest BCUT2D eigenvalue weighted by molar-refractivity contribution is 0.171. The summed E-state index contributed by atoms with van der Waals surface area (Å²) in [5, 5.41) is 12.5. The standard InChI is InChI=1S/C38H38FN7O6S/c1-27-10-12-32(24-40-27)42-37(47)46(34-9-5-8-30(39)22-34)33-18-20-44(21-19-33)25-29-11-17-36(41-23-29)52-35-15-13-31(14-16-35)43-53(50,51)45(38(48)49)26-28-6-3-2-4-7-28/h2-17,22-24,33,43H,18-21,25-26H2,1H3,(H,42,47)(H,48,49). The zero-order chi connectivity index (χ0) is 37.4. The first-order chi connectivity index (χ1) is 25.5. The molecule has 274 valence electrons. The van der Waals surface area contributed by atoms with E-state index in [9.17, 15) is 27.5 Å². The van der Waals surface area contributed by atoms with Gasteiger partial charge in [-0.2, -0.15) is 12.7 Å². The van der Waals surface area contributed by atoms with E-state index in [0.29, 0.717) is 65.3 Å². The number of piperidine rings is 1. The first kappa shape index (κ1) is 36.7. The van der Waals surface area contributed by atoms with Crippen LogP contribution >= 0.6 is 0 Å². The highest BCUT2D eigenvalue weighted by atomic mass is 32.2. The number of ether oxygens (including phenoxy) is 1. The van der Waals surface area contributed by atoms with Crippen LogP contribution in [-0.4, -0.2) is 64.0 Å². The van der Waals surface area contributed by atoms with E-state index in [4.69, 9.17) is 4.74 Å². The minimum atomic E-state index is -4.41. The number of carbonyl (C=O) groups is 2. The van der Waals surface area contributed by atoms with Crippen LogP contribution in [0.2, 0.25) is 0 Å². The van der Waals surface area contributed by atoms with Crippen molar-refractivity contribution in [3.63, 3.8) is 0 Å². The Kier molecular flexibility index (Phi) is 11.4. The number of nitrogens with zero attached hydrogens (tertiary/aromatic N) is 5. The van der Waals surface area contributed by atoms with Gasteiger partial charge in [0.25, 0.3) is 0 Å². The highest BCUT2D eigenvalue weighted by Gasteiger charge is 2.30. The fraction of sp³-hybridized carbons (Fsp3) is 0.211. The van der Waals surface area contributed by atoms with Crippen molar-refractivity contribution in [2.75, 3.05) is 28.0 Å². The Balaban J connectivity index is 1.02. The molecule has 53 heavy (non-hydrogen) atoms. The van der Waals surface area contributed by atoms with Crippen LogP contribution in [0, 0.1) is 12.7 Å². The number of rotatable bonds is 12. The number of carbonyl (C=O) groups excluding carboxylic acids is 1. The van der Waals surface area contributed by atoms with Crippen LogP contribution in [0.15, 0.2) is 116 Å². The summed E-state index contributed by atoms with van der Waals surface area (Å²) in [7, 11) is -4.41. The van der Waals surface area contributed by atoms with Crippen molar-refractivity contribution < 1.29 is 32.2 Å². The largest absolute Gasteiger partial charge is 0.464 e. The van der Waals surface area contributed by atoms with Crippen LogP contribution in [0.4, 0.5) is 31.0 Å². The zero-order valence-electron chi connectivity index (χ0n) is 28.8. The lowest BCUT2D eigenvalue weighted by Gasteiger charge is -2.38. The van der Waals surface area contributed by atoms with Crippen LogP contribution in [0.3, 0.4) is 0 Å². The Bertz CT molecular complexity index is 2120. The third-order valence-corrected chi connectivity index (χ3v) is 9.95. The summed E-state index contributed by atoms with van der Waals surface area (Å²) in [4.78, 5) is 37.8. The summed E-state index contributed by atoms with van der Waals surface area (Å²) in [6.45, 7) is 3.58. The van der Waals surface area contributed by atoms with Gasteiger partial charge in [0.1, 0.15) is 11.6 Å². The molecular formula is C38H38FN7O6S. The number of anilines is 3. The number of aryl methyl sites for hydroxylation is 1. The van der Waals surface area contributed by atoms with Crippen molar-refractivity contribution in [1.82, 2.24) is 19.2 Å². The molecule has 15 heteroatoms. The van der Waals surface area contributed by atoms with Gasteiger partial charge < -0.3 is 15.2 Å². The molecule has 0 radical (unpaired) electrons. The molecule has 0 spiro atoms. The number of nitrogens with one attached hydrogen (secondary N) is 2. The summed E-state index contributed by atoms with van der Waals surface area (Å²) in [6.07, 6.45) is 3.07. The molecule has 6 rings (SSSR count). The van der Waals surface area contributed by atoms with Gasteiger partial charge in [0.15, 0.2) is 0 Å². The number of urea groups is 1. The fourth-order valence-electron chi connectivity index (χ4n) is 5.92. The molecule has 3 heterocycles. The van der Waals surface area contributed by atoms with Crippen molar-refractivity contribution in [3.05, 3.63) is 138 Å². The SMILES string of the molecule is Cc1ccc(NC(=O)N(c2cccc(F)c2)C2CCN(Cc3ccc(Oc4ccc(NS(=O)(=O)N(Cc5ccccc5)C(=O)O)cc4)nc3)CC2)cn1. The van der Waals surface area contributed by atoms with E-state index in [1.807, 2.05) is 19.1 Å². The molecule has 3 aromatic carbocycles. The molecule has 3 N–H and O–H groups in total. The van der Waals surface area contributed by atoms with Gasteiger partial charge in [-0.05, 0) is 85.5 Å². The van der Waals surface area contributed by atoms with Gasteiger partial charge in [-0.15, -0.1) is 0 Å². The number of amides is 3. The predicted octanol–water partition coefficient (Wildman–Crippen LogP) is 7.26. The average molecular weight is 740 g/mol. The van der Waals surface area contributed by atoms with Gasteiger partial charge in [0.2, 0.25) is 5.88 Å². The maximum atomic E-state index is 14.2. The van der Waals surface area contributed by atoms with Crippen molar-refractivity contribution in [2.45, 2.75) is 38.9 Å². The van der Waals surface area contributed by atoms with E-state index in [1.54, 1.807) is 84.0 Å². The van der Waals surface area contributed by atoms with Gasteiger partial charge >= 0.3 is 22.3 Å². The summed E-state index contributed by atoms with van der Waals surface area (Å²) in [5.74, 6) is 0.319. The van der Waals surface area contributed by atoms with Crippen molar-refractivity contribution in [3.8, 4) is 11.6 Å². The smallest absolute Gasteiger partial charge is 0.422 e. The first-order valence-electron chi connectivity index (χ1n) is 16.8. The van der Waals surface area contributed by atoms with Gasteiger partial charge in [-0.25, -0.2) is 19.0 Å². The molecule has 2 aromatic heterocycles. The third-order valence-electron chi connectivity index (χ3n) is 8.59. The molecule has 1 saturated heterocycles. The Labute approximate surface area is 306 Å². The van der Waals surface area contributed by atoms with Gasteiger partial charge in [0, 0.05) is 49.3 Å². The number of hydrogen-bond donors (Lipinski definition) is 3. The minimum Gasteiger partial charge on any atom is -0.464 e. The average Bonchev–Trinajstić information content (AvgIpc) is 3.14. The molecule has 5 aromatic rings. The molecule has 0 unspecified atom stereocenters. The molecule has 3 amide bonds. The van der Waals surface area contributed by atoms with Gasteiger partial charge in [0.05, 0.1) is 24.1 Å². The normalized spacial score (nSPS) is 13.5. The van der Waals surface area contributed by atoms with E-state index in [0.717, 1.165) is 11.3 Å². The van der Waals surface area contributed by atoms with E-state index < -0.39 is 22.1 Å². The fourth-order valence-corrected chi connectivity index (χ4v) is 6.99. The summed E-state index contributed by atoms with van der Waals surface area (Å²) < 4.78 is 48.4. The monoisotopic (exact) mass is 739 g/mol. The van der Waals surface area contributed by atoms with Crippen LogP contribution < -0.4 is 19.7 Å². The quantitative estimate of drug-likeness (QED) is 0.120. The first-order valence-corrected chi connectivity index (χ1v) is 18.3. The van der Waals surface area contributed by atoms with E-state index in [1.165, 1.54) is 24.3 Å². The number of hydrogen-bond acceptors (Lipinski definition) is 8. The van der Waals surface area contributed by atoms with Gasteiger partial charge in [-0.3, -0.25) is 19.5 Å². The molecule has 1 aliphatic heterocycles. The molecule has 1 aliphatic rings. The molecule has 0 saturated carbocycles. The van der Waals surface area contributed by atoms with Crippen molar-refractivity contribution in [1.29, 1.82) is 0 Å². The second-order valence-corrected chi connectivity index (χ2v) is 14.1. The van der Waals surface area contributed by atoms with Crippen LogP contribution in [0.25, 0.3) is 0 Å². The van der Waals surface area contributed by atoms with Gasteiger partial charge in [-0.1, -0.05) is 42.5 Å². The lowest BCUT2D eigenvalue weighted by Crippen LogP contribution is -2.49. The molecule has 1 fully saturated rings. The molecule has 0 aliphatic carbocycles. The van der Waals surface area contributed by atoms with E-state index >= 15 is 0 Å². The third kappa shape index (κ3) is 9.84. The van der Waals surface area contributed by atoms with Crippen molar-refractivity contribution >= 4 is 39.4 Å². The number of halogens is 1. The summed E-state index contributed by atoms with van der Waals surface area (Å²) in [5.41, 5.74) is 3.52. The second kappa shape index (κ2) is 16.5. The maximum absolute atomic E-state index is 14.2. The van der Waals surface area contributed by atoms with E-state index in [2.05, 4.69) is 24.9 Å². The predicted molar refractivity (Wildman–Crippen MR) is 198 cm³/mol. The second-order valence-electron chi connectivity index (χ2n) is 12.5. The topological polar surface area (TPSA) is 157 Å². The molecule has 0 atom stereocenters. The van der Waals surface area contributed by atoms with Crippen molar-refractivity contribution in [2.24, 2.45) is 0 Å². The van der Waals surface area contributed by atoms with Crippen LogP contribution in [0.1, 0.15) is 29.7 Å². The Morgan fingerprint density at radius 2 is 1.62 bits per heavy atom. The highest BCUT2D eigenvalue weighted by Crippen LogP contribution is 2.27. The van der Waals surface area contributed by atoms with Crippen LogP contribution in [-0.2, 0) is 23.3 Å². The number of aromatic nitrogens is 2. The Morgan fingerprint density at radius 3 is 2.26 bits per heavy atom. The molecule has 13 nitrogen and oxygen atoms in total. The lowest BCUT2D eigenvalue weighted by atomic mass is 10.0. The number of pyridine rings is 2.